The number of hydrogen-bond donors (Lipinski definition) is 2. The summed E-state index contributed by atoms with van der Waals surface area (Å²) in [6.45, 7) is 15.1. The lowest BCUT2D eigenvalue weighted by Gasteiger charge is -2.20. The molecule has 0 radical (unpaired) electrons. The van der Waals surface area contributed by atoms with E-state index in [2.05, 4.69) is 420 Å². The van der Waals surface area contributed by atoms with Crippen LogP contribution in [0.15, 0.2) is 472 Å². The van der Waals surface area contributed by atoms with Gasteiger partial charge in [-0.2, -0.15) is 0 Å². The van der Waals surface area contributed by atoms with Gasteiger partial charge in [0.2, 0.25) is 0 Å². The van der Waals surface area contributed by atoms with Gasteiger partial charge in [-0.3, -0.25) is 29.5 Å². The van der Waals surface area contributed by atoms with Crippen molar-refractivity contribution in [2.75, 3.05) is 0 Å². The molecule has 0 fully saturated rings. The number of benzene rings is 16. The predicted octanol–water partition coefficient (Wildman–Crippen LogP) is 35.3. The quantitative estimate of drug-likeness (QED) is 0.0385. The van der Waals surface area contributed by atoms with Crippen LogP contribution in [0.3, 0.4) is 0 Å². The Kier molecular flexibility index (Phi) is 26.9. The number of Topliss-reactive ketones (excluding diaryl/α,β-unsaturated/α-hetero) is 2. The molecule has 0 saturated carbocycles. The van der Waals surface area contributed by atoms with Gasteiger partial charge in [0.05, 0.1) is 28.5 Å². The van der Waals surface area contributed by atoms with E-state index in [1.807, 2.05) is 63.6 Å². The van der Waals surface area contributed by atoms with E-state index in [4.69, 9.17) is 19.9 Å². The Morgan fingerprint density at radius 1 is 0.217 bits per heavy atom. The number of pyridine rings is 4. The van der Waals surface area contributed by atoms with Gasteiger partial charge in [-0.25, -0.2) is 0 Å². The Hall–Kier alpha value is -17.5. The summed E-state index contributed by atoms with van der Waals surface area (Å²) in [5, 5.41) is 21.5. The van der Waals surface area contributed by atoms with Gasteiger partial charge in [0, 0.05) is 98.7 Å². The molecule has 4 aromatic heterocycles. The molecule has 0 aliphatic carbocycles. The summed E-state index contributed by atoms with van der Waals surface area (Å²) in [6, 6.07) is 151. The zero-order chi connectivity index (χ0) is 98.2. The van der Waals surface area contributed by atoms with Crippen molar-refractivity contribution in [1.29, 1.82) is 0 Å². The topological polar surface area (TPSA) is 126 Å². The van der Waals surface area contributed by atoms with Gasteiger partial charge in [-0.15, -0.1) is 0 Å². The maximum atomic E-state index is 14.0. The van der Waals surface area contributed by atoms with Crippen molar-refractivity contribution in [3.05, 3.63) is 494 Å². The summed E-state index contributed by atoms with van der Waals surface area (Å²) < 4.78 is 0. The van der Waals surface area contributed by atoms with Crippen LogP contribution in [0.2, 0.25) is 0 Å². The first kappa shape index (κ1) is 93.2. The number of ketones is 2. The second-order valence-corrected chi connectivity index (χ2v) is 38.2. The first-order valence-corrected chi connectivity index (χ1v) is 49.0. The minimum atomic E-state index is -0.560. The molecule has 8 heteroatoms. The molecule has 2 N–H and O–H groups in total. The molecule has 0 unspecified atom stereocenters. The summed E-state index contributed by atoms with van der Waals surface area (Å²) in [5.74, 6) is 0.00930. The second kappa shape index (κ2) is 41.3. The molecule has 8 nitrogen and oxygen atoms in total. The molecule has 16 aromatic carbocycles. The lowest BCUT2D eigenvalue weighted by atomic mass is 9.85. The van der Waals surface area contributed by atoms with E-state index in [9.17, 15) is 19.8 Å². The van der Waals surface area contributed by atoms with Crippen molar-refractivity contribution >= 4 is 11.6 Å². The van der Waals surface area contributed by atoms with E-state index in [1.165, 1.54) is 0 Å². The fraction of sp³-hybridized carbons (Fsp3) is 0.0963. The number of hydrogen-bond acceptors (Lipinski definition) is 8. The van der Waals surface area contributed by atoms with Crippen LogP contribution >= 0.6 is 0 Å². The average Bonchev–Trinajstić information content (AvgIpc) is 0.765. The maximum absolute atomic E-state index is 14.0. The van der Waals surface area contributed by atoms with E-state index in [-0.39, 0.29) is 35.9 Å². The van der Waals surface area contributed by atoms with Crippen LogP contribution in [0.25, 0.3) is 212 Å². The third-order valence-electron chi connectivity index (χ3n) is 27.8. The molecular weight excluding hydrogens is 1740 g/mol. The van der Waals surface area contributed by atoms with Crippen LogP contribution in [-0.2, 0) is 22.4 Å². The van der Waals surface area contributed by atoms with Crippen molar-refractivity contribution in [3.63, 3.8) is 0 Å². The van der Waals surface area contributed by atoms with Crippen LogP contribution in [0, 0.1) is 19.3 Å². The van der Waals surface area contributed by atoms with E-state index in [0.29, 0.717) is 24.0 Å². The van der Waals surface area contributed by atoms with Crippen molar-refractivity contribution < 1.29 is 19.8 Å². The highest BCUT2D eigenvalue weighted by Crippen LogP contribution is 2.49. The number of aromatic nitrogens is 4. The normalized spacial score (nSPS) is 11.8. The molecule has 143 heavy (non-hydrogen) atoms. The van der Waals surface area contributed by atoms with E-state index < -0.39 is 5.41 Å². The molecule has 0 aliphatic rings. The number of aliphatic hydroxyl groups excluding tert-OH is 2. The van der Waals surface area contributed by atoms with Crippen molar-refractivity contribution in [2.45, 2.75) is 81.1 Å². The summed E-state index contributed by atoms with van der Waals surface area (Å²) in [5.41, 5.74) is 43.8. The highest BCUT2D eigenvalue weighted by molar-refractivity contribution is 6.01. The molecule has 4 heterocycles. The Bertz CT molecular complexity index is 8230. The van der Waals surface area contributed by atoms with Gasteiger partial charge in [0.25, 0.3) is 0 Å². The third kappa shape index (κ3) is 20.2. The standard InChI is InChI=1S/C135H108N4O4/c1-87-72-128(136-83-124(87)95-38-17-11-18-39-95)102-64-60-98(61-65-102)114-48-26-28-51-117(114)109-76-107(113-47-24-22-41-97(113)69-71-133(142)90(4)134(143)135(6,7)8)78-111(80-109)119-53-30-32-55-121(119)127-86-139-131(82-123(127)94-36-15-10-16-37-94)105-45-33-44-104(74-105)92-56-58-100(59-57-92)125-84-137-129(73-88(125)2)103-66-62-99(63-67-103)115-49-25-27-50-116(115)108-75-106(112-46-23-21-40-96(112)68-70-132(141)89(3)91(5)140)77-110(79-108)118-52-29-31-54-120(118)126-85-138-130(101-42-19-12-20-43-101)81-122(126)93-34-13-9-14-35-93/h9-67,72-86,140,143H,68-71H2,1-8H3/b91-89-,134-90-. The number of allylic oxidation sites excluding steroid dienone is 4. The number of carbonyl (C=O) groups is 2. The lowest BCUT2D eigenvalue weighted by molar-refractivity contribution is -0.116. The molecule has 0 bridgehead atoms. The second-order valence-electron chi connectivity index (χ2n) is 38.2. The highest BCUT2D eigenvalue weighted by Gasteiger charge is 2.27. The first-order valence-electron chi connectivity index (χ1n) is 49.0. The monoisotopic (exact) mass is 1850 g/mol. The van der Waals surface area contributed by atoms with Gasteiger partial charge in [0.15, 0.2) is 11.6 Å². The average molecular weight is 1850 g/mol. The first-order chi connectivity index (χ1) is 69.7. The van der Waals surface area contributed by atoms with Gasteiger partial charge in [-0.05, 0) is 281 Å². The van der Waals surface area contributed by atoms with Crippen LogP contribution in [0.5, 0.6) is 0 Å². The molecule has 20 aromatic rings. The minimum Gasteiger partial charge on any atom is -0.512 e. The SMILES string of the molecule is C/C(O)=C(\C)C(=O)CCc1ccccc1-c1cc(-c2ccccc2-c2ccc(-c3cc(C)c(-c4ccc(-c5cccc(-c6cc(-c7ccccc7)c(-c7ccccc7-c7cc(-c8ccccc8CCC(=O)/C(C)=C(\O)C(C)(C)C)cc(-c8ccccc8-c8ccc(-c9cc(C)c(-c%10ccccc%10)cn9)cc8)c7)cn6)c5)cc4)cn3)cc2)cc(-c2ccccc2-c2cnc(-c3ccccc3)cc2-c2ccccc2)c1. The Labute approximate surface area is 838 Å². The fourth-order valence-corrected chi connectivity index (χ4v) is 19.9. The number of aryl methyl sites for hydroxylation is 4. The van der Waals surface area contributed by atoms with Crippen LogP contribution in [-0.4, -0.2) is 41.7 Å². The lowest BCUT2D eigenvalue weighted by Crippen LogP contribution is -2.15. The zero-order valence-electron chi connectivity index (χ0n) is 81.6. The molecule has 0 spiro atoms. The third-order valence-corrected chi connectivity index (χ3v) is 27.8. The van der Waals surface area contributed by atoms with E-state index in [0.717, 1.165) is 234 Å². The van der Waals surface area contributed by atoms with Crippen molar-refractivity contribution in [2.24, 2.45) is 5.41 Å². The molecule has 0 atom stereocenters. The molecule has 20 rings (SSSR count). The van der Waals surface area contributed by atoms with Gasteiger partial charge >= 0.3 is 0 Å². The van der Waals surface area contributed by atoms with Gasteiger partial charge in [-0.1, -0.05) is 379 Å². The summed E-state index contributed by atoms with van der Waals surface area (Å²) in [4.78, 5) is 48.2. The number of carbonyl (C=O) groups excluding carboxylic acids is 2. The number of rotatable bonds is 27. The molecular formula is C135H108N4O4. The van der Waals surface area contributed by atoms with E-state index >= 15 is 0 Å². The molecule has 0 amide bonds. The van der Waals surface area contributed by atoms with Gasteiger partial charge in [0.1, 0.15) is 5.76 Å². The molecule has 692 valence electrons. The summed E-state index contributed by atoms with van der Waals surface area (Å²) >= 11 is 0. The summed E-state index contributed by atoms with van der Waals surface area (Å²) in [7, 11) is 0. The smallest absolute Gasteiger partial charge is 0.162 e. The van der Waals surface area contributed by atoms with Crippen LogP contribution in [0.1, 0.15) is 76.6 Å². The molecule has 0 aliphatic heterocycles. The zero-order valence-corrected chi connectivity index (χ0v) is 81.6. The van der Waals surface area contributed by atoms with Gasteiger partial charge < -0.3 is 10.2 Å². The number of nitrogens with zero attached hydrogens (tertiary/aromatic N) is 4. The van der Waals surface area contributed by atoms with Crippen LogP contribution < -0.4 is 0 Å². The fourth-order valence-electron chi connectivity index (χ4n) is 19.9. The maximum Gasteiger partial charge on any atom is 0.162 e. The van der Waals surface area contributed by atoms with E-state index in [1.54, 1.807) is 20.8 Å². The summed E-state index contributed by atoms with van der Waals surface area (Å²) in [6.07, 6.45) is 9.54. The Morgan fingerprint density at radius 2 is 0.462 bits per heavy atom. The number of aliphatic hydroxyl groups is 2. The minimum absolute atomic E-state index is 0.0451. The largest absolute Gasteiger partial charge is 0.512 e. The van der Waals surface area contributed by atoms with Crippen molar-refractivity contribution in [1.82, 2.24) is 19.9 Å². The Morgan fingerprint density at radius 3 is 0.832 bits per heavy atom. The van der Waals surface area contributed by atoms with Crippen LogP contribution in [0.4, 0.5) is 0 Å². The molecule has 0 saturated heterocycles. The van der Waals surface area contributed by atoms with Crippen molar-refractivity contribution in [3.8, 4) is 212 Å². The highest BCUT2D eigenvalue weighted by atomic mass is 16.3. The Balaban J connectivity index is 0.591. The predicted molar refractivity (Wildman–Crippen MR) is 593 cm³/mol.